The maximum Gasteiger partial charge on any atom is 0.311 e. The Bertz CT molecular complexity index is 1830. The third-order valence-electron chi connectivity index (χ3n) is 9.62. The molecule has 74 heavy (non-hydrogen) atoms. The van der Waals surface area contributed by atoms with Crippen molar-refractivity contribution in [3.05, 3.63) is 40.5 Å². The van der Waals surface area contributed by atoms with E-state index in [1.807, 2.05) is 62.3 Å². The van der Waals surface area contributed by atoms with Gasteiger partial charge in [0, 0.05) is 32.1 Å². The maximum absolute atomic E-state index is 12.8. The van der Waals surface area contributed by atoms with Crippen molar-refractivity contribution >= 4 is 47.3 Å². The standard InChI is InChI=1S/C23H44N8O8.C18H35N9O6.CH4.H2O/c1-22(2,3)13-16(9-7-11-26-20(24)28-30(34)35)18(32)38-15-39-19(33)17(14-23(4,5)6)10-8-12-27-21(25)29-31(36)37;1-18(2,3)11-12(6-4-8-22-16(20)24-26(30)31)14(28)10-15(29)13(19)7-5-9-23-17(21)25-27(32)33;;/h16-17H,7-15H2,1-6H3,(H3,24,26,28)(H3,25,27,29);12-13H,4-11,19H2,1-3H3,(H3,20,22,24)(H3,21,23,25);1H4;1H2. The zero-order valence-electron chi connectivity index (χ0n) is 43.5. The molecule has 0 aromatic carbocycles. The number of carbonyl (C=O) groups excluding carboxylic acids is 4. The fourth-order valence-corrected chi connectivity index (χ4v) is 6.83. The van der Waals surface area contributed by atoms with Gasteiger partial charge >= 0.3 is 11.9 Å². The number of carbonyl (C=O) groups is 4. The van der Waals surface area contributed by atoms with Crippen molar-refractivity contribution in [3.63, 3.8) is 0 Å². The number of nitrogens with zero attached hydrogens (tertiary/aromatic N) is 8. The molecule has 0 aromatic heterocycles. The van der Waals surface area contributed by atoms with E-state index >= 15 is 0 Å². The van der Waals surface area contributed by atoms with Gasteiger partial charge in [0.2, 0.25) is 6.79 Å². The van der Waals surface area contributed by atoms with E-state index in [1.165, 1.54) is 0 Å². The van der Waals surface area contributed by atoms with E-state index in [0.717, 1.165) is 0 Å². The molecule has 32 nitrogen and oxygen atoms in total. The molecule has 0 spiro atoms. The van der Waals surface area contributed by atoms with Gasteiger partial charge in [-0.3, -0.25) is 19.2 Å². The van der Waals surface area contributed by atoms with Gasteiger partial charge in [-0.1, -0.05) is 91.4 Å². The van der Waals surface area contributed by atoms with Crippen molar-refractivity contribution in [3.8, 4) is 0 Å². The number of ketones is 2. The van der Waals surface area contributed by atoms with Crippen LogP contribution in [0.2, 0.25) is 0 Å². The highest BCUT2D eigenvalue weighted by Gasteiger charge is 2.30. The summed E-state index contributed by atoms with van der Waals surface area (Å²) in [5.41, 5.74) is 33.8. The number of hydrazine groups is 4. The van der Waals surface area contributed by atoms with Crippen molar-refractivity contribution in [2.45, 2.75) is 153 Å². The summed E-state index contributed by atoms with van der Waals surface area (Å²) in [5, 5.41) is 38.0. The van der Waals surface area contributed by atoms with Gasteiger partial charge < -0.3 is 43.6 Å². The highest BCUT2D eigenvalue weighted by molar-refractivity contribution is 6.02. The summed E-state index contributed by atoms with van der Waals surface area (Å²) in [5.74, 6) is -4.35. The Kier molecular flexibility index (Phi) is 37.3. The van der Waals surface area contributed by atoms with Crippen LogP contribution in [0.5, 0.6) is 0 Å². The lowest BCUT2D eigenvalue weighted by atomic mass is 9.79. The number of nitro groups is 4. The Hall–Kier alpha value is -7.12. The minimum absolute atomic E-state index is 0. The van der Waals surface area contributed by atoms with Crippen molar-refractivity contribution in [2.24, 2.45) is 82.6 Å². The normalized spacial score (nSPS) is 13.9. The van der Waals surface area contributed by atoms with Crippen LogP contribution in [0.3, 0.4) is 0 Å². The first-order valence-corrected chi connectivity index (χ1v) is 23.1. The second-order valence-electron chi connectivity index (χ2n) is 20.3. The quantitative estimate of drug-likeness (QED) is 0.00691. The van der Waals surface area contributed by atoms with Crippen LogP contribution < -0.4 is 50.4 Å². The number of hydrogen-bond acceptors (Lipinski definition) is 19. The summed E-state index contributed by atoms with van der Waals surface area (Å²) < 4.78 is 10.5. The average Bonchev–Trinajstić information content (AvgIpc) is 3.20. The first kappa shape index (κ1) is 73.4. The number of rotatable bonds is 31. The van der Waals surface area contributed by atoms with Crippen molar-refractivity contribution in [1.82, 2.24) is 21.7 Å². The molecular weight excluding hydrogens is 983 g/mol. The molecule has 0 aromatic rings. The van der Waals surface area contributed by atoms with Crippen molar-refractivity contribution in [2.75, 3.05) is 33.0 Å². The first-order chi connectivity index (χ1) is 33.1. The van der Waals surface area contributed by atoms with Crippen LogP contribution in [-0.4, -0.2) is 112 Å². The van der Waals surface area contributed by atoms with Crippen molar-refractivity contribution in [1.29, 1.82) is 0 Å². The van der Waals surface area contributed by atoms with Crippen LogP contribution in [0.4, 0.5) is 0 Å². The fraction of sp³-hybridized carbons (Fsp3) is 0.810. The SMILES string of the molecule is C.CC(C)(C)CC(CCCN=C(N)N[N+](=O)[O-])C(=O)CC(=O)C(N)CCCN=C(N)N[N+](=O)[O-].CC(C)(C)CC(CCCN=C(N)N[N+](=O)[O-])C(=O)OCOC(=O)C(CCCN=C(N)N[N+](=O)[O-])CC(C)(C)C.O. The number of Topliss-reactive ketones (excluding diaryl/α,β-unsaturated/α-hetero) is 2. The summed E-state index contributed by atoms with van der Waals surface area (Å²) in [4.78, 5) is 107. The van der Waals surface area contributed by atoms with Crippen LogP contribution in [0, 0.1) is 74.5 Å². The van der Waals surface area contributed by atoms with Gasteiger partial charge in [0.1, 0.15) is 5.78 Å². The topological polar surface area (TPSA) is 518 Å². The minimum atomic E-state index is -0.860. The molecule has 0 radical (unpaired) electrons. The molecule has 0 saturated heterocycles. The van der Waals surface area contributed by atoms with E-state index in [1.54, 1.807) is 21.7 Å². The van der Waals surface area contributed by atoms with E-state index in [2.05, 4.69) is 20.0 Å². The van der Waals surface area contributed by atoms with Crippen LogP contribution >= 0.6 is 0 Å². The minimum Gasteiger partial charge on any atom is -0.428 e. The number of aliphatic imine (C=N–C) groups is 4. The fourth-order valence-electron chi connectivity index (χ4n) is 6.83. The molecule has 0 saturated carbocycles. The van der Waals surface area contributed by atoms with Crippen LogP contribution in [0.1, 0.15) is 147 Å². The van der Waals surface area contributed by atoms with Gasteiger partial charge in [0.25, 0.3) is 23.8 Å². The zero-order valence-corrected chi connectivity index (χ0v) is 43.5. The molecule has 0 aliphatic rings. The number of hydrogen-bond donors (Lipinski definition) is 9. The van der Waals surface area contributed by atoms with Crippen LogP contribution in [0.25, 0.3) is 0 Å². The Balaban J connectivity index is -0.000000653. The predicted molar refractivity (Wildman–Crippen MR) is 276 cm³/mol. The van der Waals surface area contributed by atoms with Crippen LogP contribution in [0.15, 0.2) is 20.0 Å². The molecule has 0 amide bonds. The summed E-state index contributed by atoms with van der Waals surface area (Å²) >= 11 is 0. The molecule has 0 heterocycles. The van der Waals surface area contributed by atoms with Gasteiger partial charge in [-0.15, -0.1) is 0 Å². The molecule has 0 aliphatic carbocycles. The second-order valence-corrected chi connectivity index (χ2v) is 20.3. The largest absolute Gasteiger partial charge is 0.428 e. The maximum atomic E-state index is 12.8. The first-order valence-electron chi connectivity index (χ1n) is 23.1. The predicted octanol–water partition coefficient (Wildman–Crippen LogP) is 1.35. The molecule has 16 N–H and O–H groups in total. The van der Waals surface area contributed by atoms with E-state index in [-0.39, 0.29) is 97.8 Å². The Morgan fingerprint density at radius 2 is 0.743 bits per heavy atom. The van der Waals surface area contributed by atoms with Crippen molar-refractivity contribution < 1.29 is 54.3 Å². The van der Waals surface area contributed by atoms with E-state index in [0.29, 0.717) is 64.2 Å². The monoisotopic (exact) mass is 1070 g/mol. The molecule has 4 atom stereocenters. The molecule has 428 valence electrons. The average molecular weight is 1070 g/mol. The van der Waals surface area contributed by atoms with E-state index < -0.39 is 68.4 Å². The Labute approximate surface area is 431 Å². The molecule has 0 rings (SSSR count). The molecule has 0 fully saturated rings. The lowest BCUT2D eigenvalue weighted by Gasteiger charge is -2.26. The second kappa shape index (κ2) is 37.6. The lowest BCUT2D eigenvalue weighted by Crippen LogP contribution is -2.36. The molecule has 32 heteroatoms. The third-order valence-corrected chi connectivity index (χ3v) is 9.62. The van der Waals surface area contributed by atoms with Gasteiger partial charge in [-0.2, -0.15) is 0 Å². The van der Waals surface area contributed by atoms with Gasteiger partial charge in [0.05, 0.1) is 24.3 Å². The lowest BCUT2D eigenvalue weighted by molar-refractivity contribution is -0.525. The smallest absolute Gasteiger partial charge is 0.311 e. The molecule has 0 bridgehead atoms. The summed E-state index contributed by atoms with van der Waals surface area (Å²) in [6.45, 7) is 18.0. The van der Waals surface area contributed by atoms with E-state index in [4.69, 9.17) is 38.1 Å². The van der Waals surface area contributed by atoms with Gasteiger partial charge in [0.15, 0.2) is 25.9 Å². The number of ether oxygens (including phenoxy) is 2. The summed E-state index contributed by atoms with van der Waals surface area (Å²) in [6.07, 6.45) is 4.48. The van der Waals surface area contributed by atoms with Crippen LogP contribution in [-0.2, 0) is 28.7 Å². The molecular formula is C42H85N17O15. The summed E-state index contributed by atoms with van der Waals surface area (Å²) in [6, 6.07) is -0.860. The number of nitrogens with one attached hydrogen (secondary N) is 4. The molecule has 0 aliphatic heterocycles. The Morgan fingerprint density at radius 1 is 0.486 bits per heavy atom. The highest BCUT2D eigenvalue weighted by atomic mass is 16.7. The van der Waals surface area contributed by atoms with E-state index in [9.17, 15) is 59.6 Å². The van der Waals surface area contributed by atoms with Gasteiger partial charge in [-0.25, -0.2) is 60.4 Å². The van der Waals surface area contributed by atoms with Gasteiger partial charge in [-0.05, 0) is 86.9 Å². The third kappa shape index (κ3) is 43.7. The highest BCUT2D eigenvalue weighted by Crippen LogP contribution is 2.31. The zero-order chi connectivity index (χ0) is 55.8. The molecule has 4 unspecified atom stereocenters. The number of esters is 2. The number of guanidine groups is 4. The Morgan fingerprint density at radius 3 is 1.01 bits per heavy atom. The summed E-state index contributed by atoms with van der Waals surface area (Å²) in [7, 11) is 0. The number of nitrogens with two attached hydrogens (primary N) is 5.